The minimum absolute atomic E-state index is 0.0929. The third-order valence-corrected chi connectivity index (χ3v) is 4.03. The summed E-state index contributed by atoms with van der Waals surface area (Å²) in [7, 11) is 1.50. The molecule has 0 fully saturated rings. The molecule has 0 aliphatic rings. The van der Waals surface area contributed by atoms with Crippen LogP contribution in [0.1, 0.15) is 20.8 Å². The molecule has 2 aromatic carbocycles. The number of anilines is 1. The van der Waals surface area contributed by atoms with Crippen molar-refractivity contribution in [3.05, 3.63) is 70.1 Å². The van der Waals surface area contributed by atoms with Gasteiger partial charge in [0.05, 0.1) is 5.39 Å². The van der Waals surface area contributed by atoms with E-state index in [9.17, 15) is 19.2 Å². The van der Waals surface area contributed by atoms with Crippen LogP contribution < -0.4 is 21.9 Å². The number of nitrogens with one attached hydrogen (secondary N) is 2. The van der Waals surface area contributed by atoms with E-state index < -0.39 is 23.9 Å². The first-order chi connectivity index (χ1) is 13.4. The van der Waals surface area contributed by atoms with Gasteiger partial charge in [0.15, 0.2) is 5.69 Å². The van der Waals surface area contributed by atoms with Crippen LogP contribution in [0.5, 0.6) is 0 Å². The Balaban J connectivity index is 1.90. The second-order valence-corrected chi connectivity index (χ2v) is 5.93. The van der Waals surface area contributed by atoms with E-state index in [0.29, 0.717) is 16.6 Å². The fraction of sp³-hybridized carbons (Fsp3) is 0.105. The number of hydrogen-bond acceptors (Lipinski definition) is 5. The number of hydrogen-bond donors (Lipinski definition) is 3. The van der Waals surface area contributed by atoms with E-state index in [4.69, 9.17) is 5.73 Å². The molecule has 1 aromatic heterocycles. The van der Waals surface area contributed by atoms with E-state index >= 15 is 0 Å². The number of nitrogens with zero attached hydrogens (tertiary/aromatic N) is 2. The highest BCUT2D eigenvalue weighted by Crippen LogP contribution is 2.13. The van der Waals surface area contributed by atoms with E-state index in [0.717, 1.165) is 4.68 Å². The quantitative estimate of drug-likeness (QED) is 0.593. The zero-order valence-corrected chi connectivity index (χ0v) is 14.9. The molecule has 3 amide bonds. The smallest absolute Gasteiger partial charge is 0.275 e. The topological polar surface area (TPSA) is 136 Å². The van der Waals surface area contributed by atoms with Crippen molar-refractivity contribution in [3.63, 3.8) is 0 Å². The number of nitrogens with two attached hydrogens (primary N) is 1. The average Bonchev–Trinajstić information content (AvgIpc) is 2.69. The Morgan fingerprint density at radius 2 is 1.79 bits per heavy atom. The SMILES string of the molecule is CNC(=O)c1cccc(NC(=O)Cn2nc(C(N)=O)c3ccccc3c2=O)c1. The Bertz CT molecular complexity index is 1150. The van der Waals surface area contributed by atoms with Crippen molar-refractivity contribution in [1.82, 2.24) is 15.1 Å². The predicted octanol–water partition coefficient (Wildman–Crippen LogP) is 0.494. The summed E-state index contributed by atoms with van der Waals surface area (Å²) in [6.45, 7) is -0.422. The van der Waals surface area contributed by atoms with Crippen LogP contribution in [0.2, 0.25) is 0 Å². The van der Waals surface area contributed by atoms with Crippen LogP contribution in [0.25, 0.3) is 10.8 Å². The number of carbonyl (C=O) groups excluding carboxylic acids is 3. The van der Waals surface area contributed by atoms with Crippen molar-refractivity contribution in [3.8, 4) is 0 Å². The summed E-state index contributed by atoms with van der Waals surface area (Å²) >= 11 is 0. The number of benzene rings is 2. The summed E-state index contributed by atoms with van der Waals surface area (Å²) in [6.07, 6.45) is 0. The third-order valence-electron chi connectivity index (χ3n) is 4.03. The summed E-state index contributed by atoms with van der Waals surface area (Å²) in [5.74, 6) is -1.65. The van der Waals surface area contributed by atoms with E-state index in [2.05, 4.69) is 15.7 Å². The molecular formula is C19H17N5O4. The van der Waals surface area contributed by atoms with Gasteiger partial charge in [-0.15, -0.1) is 0 Å². The van der Waals surface area contributed by atoms with E-state index in [1.165, 1.54) is 19.2 Å². The lowest BCUT2D eigenvalue weighted by atomic mass is 10.1. The first kappa shape index (κ1) is 18.8. The minimum atomic E-state index is -0.802. The number of carbonyl (C=O) groups is 3. The van der Waals surface area contributed by atoms with Gasteiger partial charge in [-0.1, -0.05) is 24.3 Å². The Labute approximate surface area is 159 Å². The predicted molar refractivity (Wildman–Crippen MR) is 103 cm³/mol. The van der Waals surface area contributed by atoms with Crippen LogP contribution in [-0.2, 0) is 11.3 Å². The van der Waals surface area contributed by atoms with Crippen LogP contribution >= 0.6 is 0 Å². The summed E-state index contributed by atoms with van der Waals surface area (Å²) in [5, 5.41) is 9.60. The molecule has 142 valence electrons. The highest BCUT2D eigenvalue weighted by Gasteiger charge is 2.16. The molecule has 1 heterocycles. The second-order valence-electron chi connectivity index (χ2n) is 5.93. The van der Waals surface area contributed by atoms with Gasteiger partial charge in [0, 0.05) is 23.7 Å². The zero-order chi connectivity index (χ0) is 20.3. The van der Waals surface area contributed by atoms with Crippen LogP contribution in [0.15, 0.2) is 53.3 Å². The van der Waals surface area contributed by atoms with Gasteiger partial charge in [0.2, 0.25) is 5.91 Å². The van der Waals surface area contributed by atoms with Crippen molar-refractivity contribution in [2.24, 2.45) is 5.73 Å². The van der Waals surface area contributed by atoms with Crippen molar-refractivity contribution in [1.29, 1.82) is 0 Å². The lowest BCUT2D eigenvalue weighted by Crippen LogP contribution is -2.32. The van der Waals surface area contributed by atoms with Gasteiger partial charge >= 0.3 is 0 Å². The molecule has 9 nitrogen and oxygen atoms in total. The van der Waals surface area contributed by atoms with Crippen LogP contribution in [-0.4, -0.2) is 34.5 Å². The van der Waals surface area contributed by atoms with Crippen LogP contribution in [0, 0.1) is 0 Å². The molecule has 0 radical (unpaired) electrons. The van der Waals surface area contributed by atoms with Gasteiger partial charge in [-0.05, 0) is 24.3 Å². The van der Waals surface area contributed by atoms with Gasteiger partial charge in [-0.3, -0.25) is 19.2 Å². The first-order valence-corrected chi connectivity index (χ1v) is 8.32. The Morgan fingerprint density at radius 3 is 2.46 bits per heavy atom. The largest absolute Gasteiger partial charge is 0.364 e. The Kier molecular flexibility index (Phi) is 5.16. The normalized spacial score (nSPS) is 10.5. The first-order valence-electron chi connectivity index (χ1n) is 8.32. The summed E-state index contributed by atoms with van der Waals surface area (Å²) in [6, 6.07) is 12.7. The standard InChI is InChI=1S/C19H17N5O4/c1-21-18(27)11-5-4-6-12(9-11)22-15(25)10-24-19(28)14-8-3-2-7-13(14)16(23-24)17(20)26/h2-9H,10H2,1H3,(H2,20,26)(H,21,27)(H,22,25). The van der Waals surface area contributed by atoms with E-state index in [-0.39, 0.29) is 17.0 Å². The summed E-state index contributed by atoms with van der Waals surface area (Å²) < 4.78 is 0.889. The lowest BCUT2D eigenvalue weighted by molar-refractivity contribution is -0.117. The number of rotatable bonds is 5. The number of amides is 3. The maximum absolute atomic E-state index is 12.6. The van der Waals surface area contributed by atoms with Crippen molar-refractivity contribution >= 4 is 34.2 Å². The highest BCUT2D eigenvalue weighted by atomic mass is 16.2. The van der Waals surface area contributed by atoms with Gasteiger partial charge in [-0.2, -0.15) is 5.10 Å². The maximum atomic E-state index is 12.6. The van der Waals surface area contributed by atoms with E-state index in [1.807, 2.05) is 0 Å². The molecule has 0 atom stereocenters. The molecule has 3 rings (SSSR count). The molecule has 0 bridgehead atoms. The van der Waals surface area contributed by atoms with Crippen molar-refractivity contribution in [2.75, 3.05) is 12.4 Å². The second kappa shape index (κ2) is 7.70. The van der Waals surface area contributed by atoms with Gasteiger partial charge in [0.25, 0.3) is 17.4 Å². The maximum Gasteiger partial charge on any atom is 0.275 e. The molecule has 28 heavy (non-hydrogen) atoms. The van der Waals surface area contributed by atoms with Crippen molar-refractivity contribution < 1.29 is 14.4 Å². The van der Waals surface area contributed by atoms with Crippen LogP contribution in [0.3, 0.4) is 0 Å². The average molecular weight is 379 g/mol. The summed E-state index contributed by atoms with van der Waals surface area (Å²) in [5.41, 5.74) is 5.50. The minimum Gasteiger partial charge on any atom is -0.364 e. The third kappa shape index (κ3) is 3.73. The molecule has 4 N–H and O–H groups in total. The zero-order valence-electron chi connectivity index (χ0n) is 14.9. The molecule has 0 aliphatic heterocycles. The van der Waals surface area contributed by atoms with E-state index in [1.54, 1.807) is 36.4 Å². The lowest BCUT2D eigenvalue weighted by Gasteiger charge is -2.10. The fourth-order valence-electron chi connectivity index (χ4n) is 2.74. The molecular weight excluding hydrogens is 362 g/mol. The van der Waals surface area contributed by atoms with Gasteiger partial charge in [0.1, 0.15) is 6.54 Å². The number of aromatic nitrogens is 2. The molecule has 0 aliphatic carbocycles. The van der Waals surface area contributed by atoms with Gasteiger partial charge < -0.3 is 16.4 Å². The molecule has 3 aromatic rings. The molecule has 0 spiro atoms. The molecule has 9 heteroatoms. The highest BCUT2D eigenvalue weighted by molar-refractivity contribution is 6.04. The monoisotopic (exact) mass is 379 g/mol. The fourth-order valence-corrected chi connectivity index (χ4v) is 2.74. The molecule has 0 saturated heterocycles. The van der Waals surface area contributed by atoms with Gasteiger partial charge in [-0.25, -0.2) is 4.68 Å². The summed E-state index contributed by atoms with van der Waals surface area (Å²) in [4.78, 5) is 48.3. The van der Waals surface area contributed by atoms with Crippen LogP contribution in [0.4, 0.5) is 5.69 Å². The molecule has 0 unspecified atom stereocenters. The Morgan fingerprint density at radius 1 is 1.07 bits per heavy atom. The molecule has 0 saturated carbocycles. The van der Waals surface area contributed by atoms with Crippen molar-refractivity contribution in [2.45, 2.75) is 6.54 Å². The Hall–Kier alpha value is -4.01. The number of primary amides is 1. The number of fused-ring (bicyclic) bond motifs is 1.